The first kappa shape index (κ1) is 13.7. The maximum absolute atomic E-state index is 11.5. The van der Waals surface area contributed by atoms with E-state index in [-0.39, 0.29) is 11.8 Å². The molecule has 110 valence electrons. The molecule has 5 nitrogen and oxygen atoms in total. The van der Waals surface area contributed by atoms with Gasteiger partial charge in [0.15, 0.2) is 0 Å². The number of rotatable bonds is 5. The Morgan fingerprint density at radius 1 is 1.52 bits per heavy atom. The summed E-state index contributed by atoms with van der Waals surface area (Å²) in [6.07, 6.45) is 5.36. The summed E-state index contributed by atoms with van der Waals surface area (Å²) in [5.41, 5.74) is 5.85. The predicted molar refractivity (Wildman–Crippen MR) is 80.2 cm³/mol. The number of hydrogen-bond donors (Lipinski definition) is 1. The zero-order valence-corrected chi connectivity index (χ0v) is 12.3. The lowest BCUT2D eigenvalue weighted by Gasteiger charge is -2.07. The first-order valence-corrected chi connectivity index (χ1v) is 7.17. The van der Waals surface area contributed by atoms with Crippen LogP contribution >= 0.6 is 0 Å². The summed E-state index contributed by atoms with van der Waals surface area (Å²) in [5.74, 6) is 1.12. The molecule has 1 amide bonds. The van der Waals surface area contributed by atoms with Crippen LogP contribution in [0.2, 0.25) is 0 Å². The van der Waals surface area contributed by atoms with Gasteiger partial charge in [0.2, 0.25) is 5.91 Å². The van der Waals surface area contributed by atoms with Crippen molar-refractivity contribution in [3.8, 4) is 0 Å². The van der Waals surface area contributed by atoms with E-state index in [1.165, 1.54) is 0 Å². The third-order valence-electron chi connectivity index (χ3n) is 3.83. The monoisotopic (exact) mass is 285 g/mol. The molecule has 2 aromatic heterocycles. The first-order valence-electron chi connectivity index (χ1n) is 7.17. The van der Waals surface area contributed by atoms with Crippen LogP contribution in [-0.4, -0.2) is 16.7 Å². The number of carbonyl (C=O) groups excluding carboxylic acids is 1. The van der Waals surface area contributed by atoms with E-state index < -0.39 is 0 Å². The van der Waals surface area contributed by atoms with E-state index in [9.17, 15) is 4.79 Å². The minimum atomic E-state index is 0.0237. The number of amides is 1. The summed E-state index contributed by atoms with van der Waals surface area (Å²) in [6.45, 7) is 4.79. The summed E-state index contributed by atoms with van der Waals surface area (Å²) >= 11 is 0. The van der Waals surface area contributed by atoms with Crippen molar-refractivity contribution in [3.63, 3.8) is 0 Å². The molecule has 0 aromatic carbocycles. The van der Waals surface area contributed by atoms with Gasteiger partial charge in [-0.15, -0.1) is 0 Å². The smallest absolute Gasteiger partial charge is 0.243 e. The predicted octanol–water partition coefficient (Wildman–Crippen LogP) is 2.61. The van der Waals surface area contributed by atoms with E-state index in [1.807, 2.05) is 19.1 Å². The lowest BCUT2D eigenvalue weighted by molar-refractivity contribution is -0.122. The second-order valence-corrected chi connectivity index (χ2v) is 5.50. The number of furan rings is 1. The molecule has 0 atom stereocenters. The van der Waals surface area contributed by atoms with E-state index >= 15 is 0 Å². The summed E-state index contributed by atoms with van der Waals surface area (Å²) in [7, 11) is 0. The minimum Gasteiger partial charge on any atom is -0.467 e. The van der Waals surface area contributed by atoms with Gasteiger partial charge in [-0.3, -0.25) is 4.79 Å². The van der Waals surface area contributed by atoms with Gasteiger partial charge in [-0.1, -0.05) is 0 Å². The minimum absolute atomic E-state index is 0.0237. The molecule has 21 heavy (non-hydrogen) atoms. The van der Waals surface area contributed by atoms with Crippen LogP contribution < -0.4 is 5.43 Å². The Bertz CT molecular complexity index is 664. The zero-order valence-electron chi connectivity index (χ0n) is 12.3. The Morgan fingerprint density at radius 2 is 2.33 bits per heavy atom. The van der Waals surface area contributed by atoms with Crippen molar-refractivity contribution in [3.05, 3.63) is 47.2 Å². The van der Waals surface area contributed by atoms with Gasteiger partial charge in [-0.2, -0.15) is 5.10 Å². The van der Waals surface area contributed by atoms with Gasteiger partial charge >= 0.3 is 0 Å². The maximum atomic E-state index is 11.5. The summed E-state index contributed by atoms with van der Waals surface area (Å²) in [5, 5.41) is 4.05. The van der Waals surface area contributed by atoms with Crippen LogP contribution in [0.4, 0.5) is 0 Å². The largest absolute Gasteiger partial charge is 0.467 e. The highest BCUT2D eigenvalue weighted by Gasteiger charge is 2.29. The van der Waals surface area contributed by atoms with Crippen LogP contribution in [0.1, 0.15) is 35.6 Å². The van der Waals surface area contributed by atoms with Gasteiger partial charge < -0.3 is 8.98 Å². The van der Waals surface area contributed by atoms with Crippen molar-refractivity contribution in [2.24, 2.45) is 11.0 Å². The fourth-order valence-corrected chi connectivity index (χ4v) is 2.36. The highest BCUT2D eigenvalue weighted by atomic mass is 16.3. The molecular formula is C16H19N3O2. The van der Waals surface area contributed by atoms with Crippen LogP contribution in [0.25, 0.3) is 0 Å². The average molecular weight is 285 g/mol. The fourth-order valence-electron chi connectivity index (χ4n) is 2.36. The molecule has 3 rings (SSSR count). The normalized spacial score (nSPS) is 14.8. The Hall–Kier alpha value is -2.30. The van der Waals surface area contributed by atoms with Crippen LogP contribution in [0.15, 0.2) is 34.0 Å². The molecule has 0 bridgehead atoms. The topological polar surface area (TPSA) is 59.5 Å². The quantitative estimate of drug-likeness (QED) is 0.678. The number of nitrogens with zero attached hydrogens (tertiary/aromatic N) is 2. The number of aromatic nitrogens is 1. The number of carbonyl (C=O) groups is 1. The van der Waals surface area contributed by atoms with Crippen molar-refractivity contribution in [2.45, 2.75) is 33.2 Å². The molecule has 0 radical (unpaired) electrons. The van der Waals surface area contributed by atoms with Crippen LogP contribution in [-0.2, 0) is 11.3 Å². The second kappa shape index (κ2) is 5.60. The molecule has 5 heteroatoms. The number of nitrogens with one attached hydrogen (secondary N) is 1. The Kier molecular flexibility index (Phi) is 3.64. The molecule has 2 heterocycles. The summed E-state index contributed by atoms with van der Waals surface area (Å²) in [4.78, 5) is 11.5. The SMILES string of the molecule is Cc1cc(/C=N\NC(=O)C2CC2)c(C)n1Cc1ccco1. The zero-order chi connectivity index (χ0) is 14.8. The molecule has 1 aliphatic carbocycles. The van der Waals surface area contributed by atoms with Crippen molar-refractivity contribution in [1.29, 1.82) is 0 Å². The average Bonchev–Trinajstić information content (AvgIpc) is 3.14. The second-order valence-electron chi connectivity index (χ2n) is 5.50. The number of hydrazone groups is 1. The van der Waals surface area contributed by atoms with Gasteiger partial charge in [0.25, 0.3) is 0 Å². The van der Waals surface area contributed by atoms with Gasteiger partial charge in [-0.25, -0.2) is 5.43 Å². The van der Waals surface area contributed by atoms with Gasteiger partial charge in [0.1, 0.15) is 5.76 Å². The van der Waals surface area contributed by atoms with E-state index in [1.54, 1.807) is 12.5 Å². The summed E-state index contributed by atoms with van der Waals surface area (Å²) < 4.78 is 7.56. The molecule has 0 spiro atoms. The molecule has 0 saturated heterocycles. The molecule has 0 aliphatic heterocycles. The highest BCUT2D eigenvalue weighted by molar-refractivity contribution is 5.85. The number of aryl methyl sites for hydroxylation is 1. The lowest BCUT2D eigenvalue weighted by atomic mass is 10.3. The Morgan fingerprint density at radius 3 is 3.00 bits per heavy atom. The molecule has 1 N–H and O–H groups in total. The van der Waals surface area contributed by atoms with Gasteiger partial charge in [0, 0.05) is 22.9 Å². The Balaban J connectivity index is 1.71. The molecule has 1 saturated carbocycles. The van der Waals surface area contributed by atoms with E-state index in [0.717, 1.165) is 35.6 Å². The van der Waals surface area contributed by atoms with E-state index in [4.69, 9.17) is 4.42 Å². The molecule has 0 unspecified atom stereocenters. The Labute approximate surface area is 123 Å². The fraction of sp³-hybridized carbons (Fsp3) is 0.375. The third-order valence-corrected chi connectivity index (χ3v) is 3.83. The van der Waals surface area contributed by atoms with Crippen molar-refractivity contribution in [2.75, 3.05) is 0 Å². The standard InChI is InChI=1S/C16H19N3O2/c1-11-8-14(9-17-18-16(20)13-5-6-13)12(2)19(11)10-15-4-3-7-21-15/h3-4,7-9,13H,5-6,10H2,1-2H3,(H,18,20)/b17-9-. The van der Waals surface area contributed by atoms with Crippen LogP contribution in [0, 0.1) is 19.8 Å². The summed E-state index contributed by atoms with van der Waals surface area (Å²) in [6, 6.07) is 5.91. The maximum Gasteiger partial charge on any atom is 0.243 e. The molecule has 1 aliphatic rings. The van der Waals surface area contributed by atoms with E-state index in [0.29, 0.717) is 6.54 Å². The van der Waals surface area contributed by atoms with Crippen molar-refractivity contribution < 1.29 is 9.21 Å². The number of hydrogen-bond acceptors (Lipinski definition) is 3. The van der Waals surface area contributed by atoms with Gasteiger partial charge in [-0.05, 0) is 44.9 Å². The third kappa shape index (κ3) is 3.07. The first-order chi connectivity index (χ1) is 10.1. The molecule has 2 aromatic rings. The highest BCUT2D eigenvalue weighted by Crippen LogP contribution is 2.28. The molecule has 1 fully saturated rings. The van der Waals surface area contributed by atoms with Gasteiger partial charge in [0.05, 0.1) is 19.0 Å². The van der Waals surface area contributed by atoms with Crippen LogP contribution in [0.3, 0.4) is 0 Å². The lowest BCUT2D eigenvalue weighted by Crippen LogP contribution is -2.19. The molecular weight excluding hydrogens is 266 g/mol. The van der Waals surface area contributed by atoms with Crippen molar-refractivity contribution in [1.82, 2.24) is 9.99 Å². The van der Waals surface area contributed by atoms with Crippen molar-refractivity contribution >= 4 is 12.1 Å². The van der Waals surface area contributed by atoms with Crippen LogP contribution in [0.5, 0.6) is 0 Å². The van der Waals surface area contributed by atoms with E-state index in [2.05, 4.69) is 28.1 Å².